The van der Waals surface area contributed by atoms with Gasteiger partial charge in [-0.2, -0.15) is 0 Å². The maximum Gasteiger partial charge on any atom is 0.267 e. The zero-order chi connectivity index (χ0) is 13.1. The second kappa shape index (κ2) is 5.47. The molecule has 18 heavy (non-hydrogen) atoms. The predicted molar refractivity (Wildman–Crippen MR) is 78.8 cm³/mol. The molecule has 1 N–H and O–H groups in total. The molecule has 0 aliphatic carbocycles. The third-order valence-corrected chi connectivity index (χ3v) is 3.79. The summed E-state index contributed by atoms with van der Waals surface area (Å²) in [6.07, 6.45) is 1.56. The predicted octanol–water partition coefficient (Wildman–Crippen LogP) is 1.64. The summed E-state index contributed by atoms with van der Waals surface area (Å²) in [6.45, 7) is 2.25. The second-order valence-electron chi connectivity index (χ2n) is 3.84. The molecule has 0 bridgehead atoms. The molecule has 0 aliphatic rings. The standard InChI is InChI=1S/C12H13IN4O/c1-8-11(13)12(18)17(7-15-8)6-9-4-3-5-10(14-2)16-9/h3-5,7H,6H2,1-2H3,(H,14,16). The third-order valence-electron chi connectivity index (χ3n) is 2.55. The van der Waals surface area contributed by atoms with Gasteiger partial charge in [0.1, 0.15) is 5.82 Å². The number of nitrogens with zero attached hydrogens (tertiary/aromatic N) is 3. The number of pyridine rings is 1. The smallest absolute Gasteiger partial charge is 0.267 e. The van der Waals surface area contributed by atoms with Crippen molar-refractivity contribution in [3.63, 3.8) is 0 Å². The van der Waals surface area contributed by atoms with Crippen LogP contribution in [0, 0.1) is 10.5 Å². The van der Waals surface area contributed by atoms with Gasteiger partial charge in [-0.05, 0) is 41.6 Å². The van der Waals surface area contributed by atoms with Crippen LogP contribution in [0.3, 0.4) is 0 Å². The number of aryl methyl sites for hydroxylation is 1. The molecule has 0 fully saturated rings. The molecule has 5 nitrogen and oxygen atoms in total. The van der Waals surface area contributed by atoms with Crippen LogP contribution in [0.2, 0.25) is 0 Å². The summed E-state index contributed by atoms with van der Waals surface area (Å²) in [5, 5.41) is 2.97. The molecule has 0 saturated carbocycles. The van der Waals surface area contributed by atoms with Crippen LogP contribution in [-0.2, 0) is 6.54 Å². The van der Waals surface area contributed by atoms with Crippen molar-refractivity contribution in [2.24, 2.45) is 0 Å². The van der Waals surface area contributed by atoms with Crippen LogP contribution < -0.4 is 10.9 Å². The van der Waals surface area contributed by atoms with Gasteiger partial charge in [0.15, 0.2) is 0 Å². The summed E-state index contributed by atoms with van der Waals surface area (Å²) in [7, 11) is 1.81. The first-order valence-corrected chi connectivity index (χ1v) is 6.55. The molecule has 0 atom stereocenters. The molecule has 0 amide bonds. The first-order chi connectivity index (χ1) is 8.61. The minimum atomic E-state index is -0.0280. The Morgan fingerprint density at radius 3 is 2.94 bits per heavy atom. The number of hydrogen-bond donors (Lipinski definition) is 1. The molecule has 2 heterocycles. The maximum atomic E-state index is 12.0. The Labute approximate surface area is 118 Å². The van der Waals surface area contributed by atoms with Gasteiger partial charge < -0.3 is 5.32 Å². The van der Waals surface area contributed by atoms with Gasteiger partial charge in [-0.15, -0.1) is 0 Å². The molecule has 0 spiro atoms. The fourth-order valence-electron chi connectivity index (χ4n) is 1.54. The van der Waals surface area contributed by atoms with Crippen molar-refractivity contribution >= 4 is 28.4 Å². The van der Waals surface area contributed by atoms with Crippen molar-refractivity contribution < 1.29 is 0 Å². The van der Waals surface area contributed by atoms with Crippen LogP contribution >= 0.6 is 22.6 Å². The Hall–Kier alpha value is -1.44. The number of aromatic nitrogens is 3. The van der Waals surface area contributed by atoms with Gasteiger partial charge in [0.05, 0.1) is 27.8 Å². The molecule has 0 aromatic carbocycles. The van der Waals surface area contributed by atoms with Crippen molar-refractivity contribution in [1.82, 2.24) is 14.5 Å². The molecule has 6 heteroatoms. The van der Waals surface area contributed by atoms with Gasteiger partial charge in [0.25, 0.3) is 5.56 Å². The molecule has 94 valence electrons. The zero-order valence-electron chi connectivity index (χ0n) is 10.1. The second-order valence-corrected chi connectivity index (χ2v) is 4.92. The lowest BCUT2D eigenvalue weighted by Gasteiger charge is -2.07. The van der Waals surface area contributed by atoms with E-state index in [4.69, 9.17) is 0 Å². The van der Waals surface area contributed by atoms with Gasteiger partial charge in [0, 0.05) is 7.05 Å². The van der Waals surface area contributed by atoms with E-state index in [1.54, 1.807) is 10.9 Å². The zero-order valence-corrected chi connectivity index (χ0v) is 12.3. The molecule has 0 radical (unpaired) electrons. The number of rotatable bonds is 3. The van der Waals surface area contributed by atoms with Crippen LogP contribution in [0.4, 0.5) is 5.82 Å². The van der Waals surface area contributed by atoms with Gasteiger partial charge in [0.2, 0.25) is 0 Å². The van der Waals surface area contributed by atoms with Crippen LogP contribution in [-0.4, -0.2) is 21.6 Å². The Morgan fingerprint density at radius 2 is 2.22 bits per heavy atom. The van der Waals surface area contributed by atoms with E-state index in [1.165, 1.54) is 0 Å². The number of anilines is 1. The number of hydrogen-bond acceptors (Lipinski definition) is 4. The number of nitrogens with one attached hydrogen (secondary N) is 1. The van der Waals surface area contributed by atoms with Crippen molar-refractivity contribution in [3.05, 3.63) is 49.8 Å². The molecular weight excluding hydrogens is 343 g/mol. The lowest BCUT2D eigenvalue weighted by atomic mass is 10.3. The topological polar surface area (TPSA) is 59.8 Å². The van der Waals surface area contributed by atoms with Crippen LogP contribution in [0.1, 0.15) is 11.4 Å². The van der Waals surface area contributed by atoms with Crippen LogP contribution in [0.25, 0.3) is 0 Å². The lowest BCUT2D eigenvalue weighted by Crippen LogP contribution is -2.24. The summed E-state index contributed by atoms with van der Waals surface area (Å²) in [4.78, 5) is 20.6. The molecule has 0 unspecified atom stereocenters. The summed E-state index contributed by atoms with van der Waals surface area (Å²) in [5.74, 6) is 0.787. The largest absolute Gasteiger partial charge is 0.373 e. The summed E-state index contributed by atoms with van der Waals surface area (Å²) in [5.41, 5.74) is 1.55. The van der Waals surface area contributed by atoms with Gasteiger partial charge in [-0.1, -0.05) is 6.07 Å². The number of halogens is 1. The summed E-state index contributed by atoms with van der Waals surface area (Å²) in [6, 6.07) is 5.68. The highest BCUT2D eigenvalue weighted by atomic mass is 127. The van der Waals surface area contributed by atoms with E-state index in [2.05, 4.69) is 15.3 Å². The first-order valence-electron chi connectivity index (χ1n) is 5.47. The molecule has 0 aliphatic heterocycles. The molecule has 2 aromatic rings. The average Bonchev–Trinajstić information content (AvgIpc) is 2.40. The van der Waals surface area contributed by atoms with Crippen molar-refractivity contribution in [2.45, 2.75) is 13.5 Å². The Balaban J connectivity index is 2.34. The Bertz CT molecular complexity index is 624. The summed E-state index contributed by atoms with van der Waals surface area (Å²) < 4.78 is 2.22. The van der Waals surface area contributed by atoms with E-state index in [0.717, 1.165) is 17.2 Å². The van der Waals surface area contributed by atoms with Crippen molar-refractivity contribution in [1.29, 1.82) is 0 Å². The highest BCUT2D eigenvalue weighted by Gasteiger charge is 2.06. The van der Waals surface area contributed by atoms with E-state index in [0.29, 0.717) is 10.1 Å². The van der Waals surface area contributed by atoms with E-state index < -0.39 is 0 Å². The van der Waals surface area contributed by atoms with Crippen LogP contribution in [0.15, 0.2) is 29.3 Å². The van der Waals surface area contributed by atoms with E-state index in [1.807, 2.05) is 54.8 Å². The lowest BCUT2D eigenvalue weighted by molar-refractivity contribution is 0.708. The van der Waals surface area contributed by atoms with Gasteiger partial charge in [-0.3, -0.25) is 9.36 Å². The fraction of sp³-hybridized carbons (Fsp3) is 0.250. The molecule has 2 aromatic heterocycles. The monoisotopic (exact) mass is 356 g/mol. The average molecular weight is 356 g/mol. The maximum absolute atomic E-state index is 12.0. The molecule has 0 saturated heterocycles. The fourth-order valence-corrected chi connectivity index (χ4v) is 1.99. The van der Waals surface area contributed by atoms with Gasteiger partial charge >= 0.3 is 0 Å². The highest BCUT2D eigenvalue weighted by molar-refractivity contribution is 14.1. The van der Waals surface area contributed by atoms with E-state index in [-0.39, 0.29) is 5.56 Å². The minimum absolute atomic E-state index is 0.0280. The first kappa shape index (κ1) is 13.0. The Kier molecular flexibility index (Phi) is 3.95. The van der Waals surface area contributed by atoms with Crippen molar-refractivity contribution in [2.75, 3.05) is 12.4 Å². The molecule has 2 rings (SSSR count). The SMILES string of the molecule is CNc1cccc(Cn2cnc(C)c(I)c2=O)n1. The Morgan fingerprint density at radius 1 is 1.44 bits per heavy atom. The highest BCUT2D eigenvalue weighted by Crippen LogP contribution is 2.06. The van der Waals surface area contributed by atoms with Gasteiger partial charge in [-0.25, -0.2) is 9.97 Å². The quantitative estimate of drug-likeness (QED) is 0.850. The van der Waals surface area contributed by atoms with Crippen molar-refractivity contribution in [3.8, 4) is 0 Å². The van der Waals surface area contributed by atoms with E-state index >= 15 is 0 Å². The normalized spacial score (nSPS) is 10.4. The minimum Gasteiger partial charge on any atom is -0.373 e. The van der Waals surface area contributed by atoms with Crippen LogP contribution in [0.5, 0.6) is 0 Å². The summed E-state index contributed by atoms with van der Waals surface area (Å²) >= 11 is 2.02. The van der Waals surface area contributed by atoms with E-state index in [9.17, 15) is 4.79 Å². The third kappa shape index (κ3) is 2.69. The molecular formula is C12H13IN4O.